The second-order valence-electron chi connectivity index (χ2n) is 3.58. The molecular weight excluding hydrogens is 212 g/mol. The monoisotopic (exact) mass is 226 g/mol. The summed E-state index contributed by atoms with van der Waals surface area (Å²) in [6.45, 7) is 0.790. The van der Waals surface area contributed by atoms with E-state index in [1.807, 2.05) is 43.3 Å². The number of anilines is 1. The molecule has 1 N–H and O–H groups in total. The van der Waals surface area contributed by atoms with E-state index in [-0.39, 0.29) is 11.8 Å². The van der Waals surface area contributed by atoms with Crippen molar-refractivity contribution in [1.82, 2.24) is 4.90 Å². The lowest BCUT2D eigenvalue weighted by atomic mass is 10.1. The van der Waals surface area contributed by atoms with Crippen molar-refractivity contribution in [2.75, 3.05) is 25.3 Å². The van der Waals surface area contributed by atoms with Crippen molar-refractivity contribution in [1.29, 1.82) is 0 Å². The van der Waals surface area contributed by atoms with Crippen LogP contribution in [0.25, 0.3) is 0 Å². The molecule has 15 heavy (non-hydrogen) atoms. The van der Waals surface area contributed by atoms with E-state index < -0.39 is 0 Å². The van der Waals surface area contributed by atoms with Crippen molar-refractivity contribution < 1.29 is 4.79 Å². The fourth-order valence-electron chi connectivity index (χ4n) is 1.30. The molecule has 0 atom stereocenters. The van der Waals surface area contributed by atoms with Gasteiger partial charge in [0.2, 0.25) is 5.91 Å². The zero-order valence-corrected chi connectivity index (χ0v) is 9.71. The van der Waals surface area contributed by atoms with Gasteiger partial charge in [0.05, 0.1) is 0 Å². The maximum absolute atomic E-state index is 11.2. The highest BCUT2D eigenvalue weighted by Gasteiger charge is 2.05. The van der Waals surface area contributed by atoms with Crippen molar-refractivity contribution in [3.05, 3.63) is 29.8 Å². The Morgan fingerprint density at radius 2 is 2.07 bits per heavy atom. The Balaban J connectivity index is 2.81. The molecule has 0 aliphatic heterocycles. The molecule has 0 heterocycles. The number of carbonyl (C=O) groups excluding carboxylic acids is 1. The minimum Gasteiger partial charge on any atom is -0.325 e. The molecule has 0 spiro atoms. The lowest BCUT2D eigenvalue weighted by molar-refractivity contribution is -0.113. The highest BCUT2D eigenvalue weighted by molar-refractivity contribution is 6.29. The third-order valence-corrected chi connectivity index (χ3v) is 2.14. The van der Waals surface area contributed by atoms with Gasteiger partial charge in [0.15, 0.2) is 0 Å². The van der Waals surface area contributed by atoms with E-state index in [4.69, 9.17) is 11.6 Å². The number of nitrogens with zero attached hydrogens (tertiary/aromatic N) is 1. The van der Waals surface area contributed by atoms with Gasteiger partial charge in [0, 0.05) is 12.2 Å². The first-order chi connectivity index (χ1) is 7.13. The van der Waals surface area contributed by atoms with E-state index >= 15 is 0 Å². The van der Waals surface area contributed by atoms with Gasteiger partial charge in [-0.05, 0) is 25.7 Å². The fourth-order valence-corrected chi connectivity index (χ4v) is 1.37. The van der Waals surface area contributed by atoms with E-state index in [1.54, 1.807) is 0 Å². The van der Waals surface area contributed by atoms with Crippen LogP contribution in [0.5, 0.6) is 0 Å². The normalized spacial score (nSPS) is 10.4. The van der Waals surface area contributed by atoms with Crippen LogP contribution in [0.3, 0.4) is 0 Å². The Bertz CT molecular complexity index is 339. The SMILES string of the molecule is CN(C)Cc1ccccc1NC(=O)CCl. The van der Waals surface area contributed by atoms with E-state index in [1.165, 1.54) is 0 Å². The topological polar surface area (TPSA) is 32.3 Å². The third-order valence-electron chi connectivity index (χ3n) is 1.90. The molecule has 82 valence electrons. The van der Waals surface area contributed by atoms with Crippen LogP contribution in [0.4, 0.5) is 5.69 Å². The standard InChI is InChI=1S/C11H15ClN2O/c1-14(2)8-9-5-3-4-6-10(9)13-11(15)7-12/h3-6H,7-8H2,1-2H3,(H,13,15). The summed E-state index contributed by atoms with van der Waals surface area (Å²) in [5.41, 5.74) is 1.91. The molecule has 1 aromatic rings. The summed E-state index contributed by atoms with van der Waals surface area (Å²) in [6, 6.07) is 7.71. The van der Waals surface area contributed by atoms with Gasteiger partial charge in [-0.2, -0.15) is 0 Å². The fraction of sp³-hybridized carbons (Fsp3) is 0.364. The van der Waals surface area contributed by atoms with Crippen LogP contribution in [0.1, 0.15) is 5.56 Å². The number of para-hydroxylation sites is 1. The molecule has 0 aromatic heterocycles. The van der Waals surface area contributed by atoms with Crippen molar-refractivity contribution in [2.45, 2.75) is 6.54 Å². The van der Waals surface area contributed by atoms with E-state index in [9.17, 15) is 4.79 Å². The number of rotatable bonds is 4. The second-order valence-corrected chi connectivity index (χ2v) is 3.84. The van der Waals surface area contributed by atoms with Crippen molar-refractivity contribution in [3.63, 3.8) is 0 Å². The molecule has 1 rings (SSSR count). The van der Waals surface area contributed by atoms with Gasteiger partial charge in [-0.1, -0.05) is 18.2 Å². The number of alkyl halides is 1. The van der Waals surface area contributed by atoms with Gasteiger partial charge >= 0.3 is 0 Å². The highest BCUT2D eigenvalue weighted by Crippen LogP contribution is 2.16. The number of nitrogens with one attached hydrogen (secondary N) is 1. The molecule has 3 nitrogen and oxygen atoms in total. The van der Waals surface area contributed by atoms with Gasteiger partial charge in [-0.3, -0.25) is 4.79 Å². The molecule has 0 aliphatic carbocycles. The third kappa shape index (κ3) is 3.90. The van der Waals surface area contributed by atoms with E-state index in [0.29, 0.717) is 0 Å². The predicted octanol–water partition coefficient (Wildman–Crippen LogP) is 1.93. The maximum atomic E-state index is 11.2. The van der Waals surface area contributed by atoms with Crippen LogP contribution in [-0.4, -0.2) is 30.8 Å². The first kappa shape index (κ1) is 12.0. The maximum Gasteiger partial charge on any atom is 0.239 e. The summed E-state index contributed by atoms with van der Waals surface area (Å²) in [7, 11) is 3.97. The zero-order chi connectivity index (χ0) is 11.3. The predicted molar refractivity (Wildman–Crippen MR) is 63.2 cm³/mol. The van der Waals surface area contributed by atoms with Crippen LogP contribution in [0, 0.1) is 0 Å². The average molecular weight is 227 g/mol. The molecule has 0 saturated heterocycles. The number of hydrogen-bond donors (Lipinski definition) is 1. The number of halogens is 1. The number of benzene rings is 1. The average Bonchev–Trinajstić information content (AvgIpc) is 2.20. The molecule has 1 aromatic carbocycles. The summed E-state index contributed by atoms with van der Waals surface area (Å²) < 4.78 is 0. The van der Waals surface area contributed by atoms with Gasteiger partial charge in [-0.25, -0.2) is 0 Å². The van der Waals surface area contributed by atoms with E-state index in [0.717, 1.165) is 17.8 Å². The summed E-state index contributed by atoms with van der Waals surface area (Å²) in [5, 5.41) is 2.77. The molecule has 4 heteroatoms. The quantitative estimate of drug-likeness (QED) is 0.796. The Morgan fingerprint density at radius 1 is 1.40 bits per heavy atom. The summed E-state index contributed by atoms with van der Waals surface area (Å²) in [4.78, 5) is 13.2. The Hall–Kier alpha value is -1.06. The highest BCUT2D eigenvalue weighted by atomic mass is 35.5. The Morgan fingerprint density at radius 3 is 2.67 bits per heavy atom. The summed E-state index contributed by atoms with van der Waals surface area (Å²) in [5.74, 6) is -0.195. The van der Waals surface area contributed by atoms with Crippen LogP contribution >= 0.6 is 11.6 Å². The van der Waals surface area contributed by atoms with Crippen LogP contribution < -0.4 is 5.32 Å². The van der Waals surface area contributed by atoms with Gasteiger partial charge < -0.3 is 10.2 Å². The Kier molecular flexibility index (Phi) is 4.59. The van der Waals surface area contributed by atoms with Crippen molar-refractivity contribution in [3.8, 4) is 0 Å². The molecule has 0 bridgehead atoms. The second kappa shape index (κ2) is 5.73. The molecule has 1 amide bonds. The van der Waals surface area contributed by atoms with E-state index in [2.05, 4.69) is 5.32 Å². The van der Waals surface area contributed by atoms with Crippen LogP contribution in [0.15, 0.2) is 24.3 Å². The van der Waals surface area contributed by atoms with Gasteiger partial charge in [0.25, 0.3) is 0 Å². The Labute approximate surface area is 95.0 Å². The molecule has 0 unspecified atom stereocenters. The lowest BCUT2D eigenvalue weighted by Crippen LogP contribution is -2.17. The van der Waals surface area contributed by atoms with Crippen LogP contribution in [-0.2, 0) is 11.3 Å². The van der Waals surface area contributed by atoms with Crippen molar-refractivity contribution >= 4 is 23.2 Å². The number of hydrogen-bond acceptors (Lipinski definition) is 2. The number of carbonyl (C=O) groups is 1. The number of amides is 1. The van der Waals surface area contributed by atoms with Crippen molar-refractivity contribution in [2.24, 2.45) is 0 Å². The molecule has 0 saturated carbocycles. The van der Waals surface area contributed by atoms with Crippen LogP contribution in [0.2, 0.25) is 0 Å². The minimum atomic E-state index is -0.178. The first-order valence-electron chi connectivity index (χ1n) is 4.72. The van der Waals surface area contributed by atoms with Gasteiger partial charge in [-0.15, -0.1) is 11.6 Å². The molecular formula is C11H15ClN2O. The minimum absolute atomic E-state index is 0.0176. The summed E-state index contributed by atoms with van der Waals surface area (Å²) >= 11 is 5.44. The smallest absolute Gasteiger partial charge is 0.239 e. The molecule has 0 radical (unpaired) electrons. The summed E-state index contributed by atoms with van der Waals surface area (Å²) in [6.07, 6.45) is 0. The lowest BCUT2D eigenvalue weighted by Gasteiger charge is -2.14. The van der Waals surface area contributed by atoms with Gasteiger partial charge in [0.1, 0.15) is 5.88 Å². The zero-order valence-electron chi connectivity index (χ0n) is 8.96. The molecule has 0 aliphatic rings. The largest absolute Gasteiger partial charge is 0.325 e. The first-order valence-corrected chi connectivity index (χ1v) is 5.25. The molecule has 0 fully saturated rings.